The second-order valence-corrected chi connectivity index (χ2v) is 10.5. The standard InChI is InChI=1S/C30H28ClN5O2/c1-19-8-11-26-24(14-19)28(29(37)38)27-12-13-30(17-35(26)27,22-6-4-3-5-7-22)32-16-21-9-10-23(15-25(21)31)36-18-33-34-20(36)2/h3-11,14-15,18,32H,12-13,16-17H2,1-2H3,(H,37,38)/t30-/m1/s1. The molecule has 0 unspecified atom stereocenters. The molecule has 0 bridgehead atoms. The summed E-state index contributed by atoms with van der Waals surface area (Å²) in [4.78, 5) is 12.3. The molecule has 0 aliphatic carbocycles. The number of benzene rings is 3. The predicted molar refractivity (Wildman–Crippen MR) is 148 cm³/mol. The predicted octanol–water partition coefficient (Wildman–Crippen LogP) is 5.82. The average Bonchev–Trinajstić information content (AvgIpc) is 3.48. The minimum absolute atomic E-state index is 0.395. The van der Waals surface area contributed by atoms with E-state index in [4.69, 9.17) is 11.6 Å². The number of carboxylic acid groups (broad SMARTS) is 1. The van der Waals surface area contributed by atoms with Crippen LogP contribution in [0.25, 0.3) is 16.6 Å². The molecule has 1 atom stereocenters. The molecule has 0 amide bonds. The second-order valence-electron chi connectivity index (χ2n) is 10.1. The quantitative estimate of drug-likeness (QED) is 0.292. The molecule has 0 saturated carbocycles. The minimum atomic E-state index is -0.871. The van der Waals surface area contributed by atoms with Crippen molar-refractivity contribution >= 4 is 28.5 Å². The number of carbonyl (C=O) groups is 1. The molecule has 1 aliphatic rings. The van der Waals surface area contributed by atoms with Crippen molar-refractivity contribution in [3.63, 3.8) is 0 Å². The molecular formula is C30H28ClN5O2. The zero-order valence-corrected chi connectivity index (χ0v) is 22.0. The molecule has 1 aliphatic heterocycles. The van der Waals surface area contributed by atoms with Crippen molar-refractivity contribution in [1.82, 2.24) is 24.6 Å². The van der Waals surface area contributed by atoms with Crippen molar-refractivity contribution in [3.8, 4) is 5.69 Å². The Bertz CT molecular complexity index is 1670. The van der Waals surface area contributed by atoms with Gasteiger partial charge in [0.1, 0.15) is 12.2 Å². The van der Waals surface area contributed by atoms with Gasteiger partial charge in [0.15, 0.2) is 0 Å². The van der Waals surface area contributed by atoms with Crippen molar-refractivity contribution in [2.45, 2.75) is 45.3 Å². The molecule has 3 aromatic carbocycles. The molecule has 3 heterocycles. The molecule has 192 valence electrons. The lowest BCUT2D eigenvalue weighted by molar-refractivity contribution is 0.0696. The first-order chi connectivity index (χ1) is 18.4. The highest BCUT2D eigenvalue weighted by Gasteiger charge is 2.39. The number of rotatable bonds is 6. The maximum Gasteiger partial charge on any atom is 0.338 e. The fourth-order valence-corrected chi connectivity index (χ4v) is 6.00. The van der Waals surface area contributed by atoms with E-state index in [0.717, 1.165) is 45.7 Å². The average molecular weight is 526 g/mol. The lowest BCUT2D eigenvalue weighted by atomic mass is 9.81. The number of hydrogen-bond acceptors (Lipinski definition) is 4. The number of nitrogens with one attached hydrogen (secondary N) is 1. The summed E-state index contributed by atoms with van der Waals surface area (Å²) >= 11 is 6.76. The molecule has 0 spiro atoms. The number of nitrogens with zero attached hydrogens (tertiary/aromatic N) is 4. The van der Waals surface area contributed by atoms with E-state index in [1.807, 2.05) is 60.9 Å². The Morgan fingerprint density at radius 3 is 2.63 bits per heavy atom. The first kappa shape index (κ1) is 24.4. The number of hydrogen-bond donors (Lipinski definition) is 2. The van der Waals surface area contributed by atoms with Crippen molar-refractivity contribution in [1.29, 1.82) is 0 Å². The SMILES string of the molecule is Cc1ccc2c(c1)c(C(=O)O)c1n2C[C@@](NCc2ccc(-n3cnnc3C)cc2Cl)(c2ccccc2)CC1. The smallest absolute Gasteiger partial charge is 0.338 e. The normalized spacial score (nSPS) is 17.0. The topological polar surface area (TPSA) is 85.0 Å². The summed E-state index contributed by atoms with van der Waals surface area (Å²) in [5, 5.41) is 23.4. The summed E-state index contributed by atoms with van der Waals surface area (Å²) < 4.78 is 4.09. The first-order valence-corrected chi connectivity index (χ1v) is 13.0. The van der Waals surface area contributed by atoms with Gasteiger partial charge in [0, 0.05) is 40.4 Å². The van der Waals surface area contributed by atoms with Gasteiger partial charge < -0.3 is 15.0 Å². The monoisotopic (exact) mass is 525 g/mol. The van der Waals surface area contributed by atoms with Gasteiger partial charge in [0.05, 0.1) is 11.1 Å². The van der Waals surface area contributed by atoms with Gasteiger partial charge in [-0.2, -0.15) is 0 Å². The Morgan fingerprint density at radius 2 is 1.92 bits per heavy atom. The van der Waals surface area contributed by atoms with Crippen LogP contribution in [0.4, 0.5) is 0 Å². The van der Waals surface area contributed by atoms with Crippen molar-refractivity contribution in [3.05, 3.63) is 112 Å². The van der Waals surface area contributed by atoms with E-state index < -0.39 is 11.5 Å². The third kappa shape index (κ3) is 4.08. The van der Waals surface area contributed by atoms with Gasteiger partial charge in [-0.3, -0.25) is 4.57 Å². The van der Waals surface area contributed by atoms with Crippen LogP contribution in [0, 0.1) is 13.8 Å². The highest BCUT2D eigenvalue weighted by atomic mass is 35.5. The number of aromatic carboxylic acids is 1. The number of carboxylic acids is 1. The van der Waals surface area contributed by atoms with Crippen LogP contribution in [0.1, 0.15) is 45.0 Å². The maximum absolute atomic E-state index is 12.3. The van der Waals surface area contributed by atoms with Gasteiger partial charge in [-0.15, -0.1) is 10.2 Å². The summed E-state index contributed by atoms with van der Waals surface area (Å²) in [7, 11) is 0. The molecule has 5 aromatic rings. The van der Waals surface area contributed by atoms with Gasteiger partial charge in [-0.1, -0.05) is 59.6 Å². The number of aryl methyl sites for hydroxylation is 2. The van der Waals surface area contributed by atoms with Gasteiger partial charge in [-0.25, -0.2) is 4.79 Å². The number of aromatic nitrogens is 4. The summed E-state index contributed by atoms with van der Waals surface area (Å²) in [5.41, 5.74) is 5.99. The van der Waals surface area contributed by atoms with Crippen LogP contribution < -0.4 is 5.32 Å². The largest absolute Gasteiger partial charge is 0.478 e. The third-order valence-electron chi connectivity index (χ3n) is 7.73. The lowest BCUT2D eigenvalue weighted by Crippen LogP contribution is -2.48. The molecule has 0 saturated heterocycles. The highest BCUT2D eigenvalue weighted by molar-refractivity contribution is 6.31. The first-order valence-electron chi connectivity index (χ1n) is 12.7. The van der Waals surface area contributed by atoms with Crippen LogP contribution in [0.5, 0.6) is 0 Å². The Hall–Kier alpha value is -3.94. The van der Waals surface area contributed by atoms with Gasteiger partial charge in [0.25, 0.3) is 0 Å². The van der Waals surface area contributed by atoms with E-state index in [1.165, 1.54) is 5.56 Å². The number of halogens is 1. The molecule has 6 rings (SSSR count). The summed E-state index contributed by atoms with van der Waals surface area (Å²) in [6, 6.07) is 22.5. The molecule has 0 fully saturated rings. The third-order valence-corrected chi connectivity index (χ3v) is 8.09. The fourth-order valence-electron chi connectivity index (χ4n) is 5.76. The van der Waals surface area contributed by atoms with E-state index >= 15 is 0 Å². The fraction of sp³-hybridized carbons (Fsp3) is 0.233. The number of fused-ring (bicyclic) bond motifs is 3. The van der Waals surface area contributed by atoms with E-state index in [2.05, 4.69) is 44.3 Å². The van der Waals surface area contributed by atoms with Crippen LogP contribution in [0.2, 0.25) is 5.02 Å². The molecule has 2 N–H and O–H groups in total. The van der Waals surface area contributed by atoms with Crippen LogP contribution in [-0.2, 0) is 25.0 Å². The Kier molecular flexibility index (Phi) is 6.05. The zero-order valence-electron chi connectivity index (χ0n) is 21.3. The highest BCUT2D eigenvalue weighted by Crippen LogP contribution is 2.39. The summed E-state index contributed by atoms with van der Waals surface area (Å²) in [5.74, 6) is -0.0763. The summed E-state index contributed by atoms with van der Waals surface area (Å²) in [6.07, 6.45) is 3.09. The minimum Gasteiger partial charge on any atom is -0.478 e. The molecule has 8 heteroatoms. The molecule has 38 heavy (non-hydrogen) atoms. The van der Waals surface area contributed by atoms with Crippen LogP contribution in [-0.4, -0.2) is 30.4 Å². The Balaban J connectivity index is 1.38. The molecule has 2 aromatic heterocycles. The Labute approximate surface area is 225 Å². The van der Waals surface area contributed by atoms with Crippen LogP contribution in [0.3, 0.4) is 0 Å². The van der Waals surface area contributed by atoms with E-state index in [-0.39, 0.29) is 0 Å². The van der Waals surface area contributed by atoms with E-state index in [9.17, 15) is 9.90 Å². The van der Waals surface area contributed by atoms with Gasteiger partial charge >= 0.3 is 5.97 Å². The van der Waals surface area contributed by atoms with Crippen LogP contribution in [0.15, 0.2) is 73.1 Å². The Morgan fingerprint density at radius 1 is 1.11 bits per heavy atom. The van der Waals surface area contributed by atoms with E-state index in [0.29, 0.717) is 30.1 Å². The molecule has 0 radical (unpaired) electrons. The lowest BCUT2D eigenvalue weighted by Gasteiger charge is -2.40. The molecular weight excluding hydrogens is 498 g/mol. The molecule has 7 nitrogen and oxygen atoms in total. The van der Waals surface area contributed by atoms with Crippen molar-refractivity contribution in [2.75, 3.05) is 0 Å². The van der Waals surface area contributed by atoms with E-state index in [1.54, 1.807) is 6.33 Å². The van der Waals surface area contributed by atoms with Crippen molar-refractivity contribution < 1.29 is 9.90 Å². The van der Waals surface area contributed by atoms with Crippen molar-refractivity contribution in [2.24, 2.45) is 0 Å². The van der Waals surface area contributed by atoms with Gasteiger partial charge in [0.2, 0.25) is 0 Å². The van der Waals surface area contributed by atoms with Crippen LogP contribution >= 0.6 is 11.6 Å². The summed E-state index contributed by atoms with van der Waals surface area (Å²) in [6.45, 7) is 5.08. The maximum atomic E-state index is 12.3. The second kappa shape index (κ2) is 9.42. The zero-order chi connectivity index (χ0) is 26.4. The van der Waals surface area contributed by atoms with Gasteiger partial charge in [-0.05, 0) is 62.1 Å².